The number of H-pyrrole nitrogens is 1. The highest BCUT2D eigenvalue weighted by Crippen LogP contribution is 2.26. The lowest BCUT2D eigenvalue weighted by Crippen LogP contribution is -1.98. The molecule has 0 spiro atoms. The average Bonchev–Trinajstić information content (AvgIpc) is 2.94. The van der Waals surface area contributed by atoms with Crippen LogP contribution in [0.2, 0.25) is 5.02 Å². The van der Waals surface area contributed by atoms with Crippen molar-refractivity contribution in [2.24, 2.45) is 5.10 Å². The summed E-state index contributed by atoms with van der Waals surface area (Å²) in [6.45, 7) is 0. The zero-order chi connectivity index (χ0) is 17.1. The van der Waals surface area contributed by atoms with Gasteiger partial charge in [-0.3, -0.25) is 10.1 Å². The lowest BCUT2D eigenvalue weighted by Gasteiger charge is -2.03. The van der Waals surface area contributed by atoms with E-state index in [0.717, 1.165) is 0 Å². The first kappa shape index (κ1) is 16.0. The van der Waals surface area contributed by atoms with Crippen molar-refractivity contribution in [1.82, 2.24) is 14.9 Å². The van der Waals surface area contributed by atoms with Gasteiger partial charge in [-0.2, -0.15) is 14.9 Å². The molecule has 3 aromatic rings. The van der Waals surface area contributed by atoms with E-state index in [9.17, 15) is 10.1 Å². The minimum absolute atomic E-state index is 0.0458. The molecule has 0 bridgehead atoms. The first-order chi connectivity index (χ1) is 11.6. The number of nitro groups is 1. The van der Waals surface area contributed by atoms with Crippen molar-refractivity contribution in [2.45, 2.75) is 0 Å². The van der Waals surface area contributed by atoms with Crippen LogP contribution in [0.25, 0.3) is 11.4 Å². The molecule has 0 unspecified atom stereocenters. The second-order valence-electron chi connectivity index (χ2n) is 4.70. The van der Waals surface area contributed by atoms with E-state index in [4.69, 9.17) is 23.8 Å². The molecule has 7 nitrogen and oxygen atoms in total. The number of nitrogens with zero attached hydrogens (tertiary/aromatic N) is 4. The number of halogens is 1. The van der Waals surface area contributed by atoms with Gasteiger partial charge >= 0.3 is 0 Å². The zero-order valence-corrected chi connectivity index (χ0v) is 13.7. The molecule has 0 aliphatic carbocycles. The Balaban J connectivity index is 2.07. The lowest BCUT2D eigenvalue weighted by atomic mass is 10.2. The van der Waals surface area contributed by atoms with Crippen LogP contribution in [0.4, 0.5) is 5.69 Å². The molecular formula is C15H10ClN5O2S. The molecule has 1 heterocycles. The normalized spacial score (nSPS) is 11.0. The highest BCUT2D eigenvalue weighted by molar-refractivity contribution is 7.71. The summed E-state index contributed by atoms with van der Waals surface area (Å²) >= 11 is 11.4. The maximum absolute atomic E-state index is 11.1. The Morgan fingerprint density at radius 1 is 1.25 bits per heavy atom. The van der Waals surface area contributed by atoms with Crippen LogP contribution in [0, 0.1) is 14.9 Å². The van der Waals surface area contributed by atoms with E-state index in [2.05, 4.69) is 15.3 Å². The predicted molar refractivity (Wildman–Crippen MR) is 93.9 cm³/mol. The largest absolute Gasteiger partial charge is 0.278 e. The number of nitrogens with one attached hydrogen (secondary N) is 1. The third kappa shape index (κ3) is 3.10. The zero-order valence-electron chi connectivity index (χ0n) is 12.1. The van der Waals surface area contributed by atoms with Gasteiger partial charge in [-0.25, -0.2) is 5.10 Å². The number of aromatic nitrogens is 3. The van der Waals surface area contributed by atoms with Crippen molar-refractivity contribution < 1.29 is 4.92 Å². The van der Waals surface area contributed by atoms with Gasteiger partial charge in [-0.1, -0.05) is 35.9 Å². The van der Waals surface area contributed by atoms with Crippen molar-refractivity contribution in [2.75, 3.05) is 0 Å². The summed E-state index contributed by atoms with van der Waals surface area (Å²) < 4.78 is 1.62. The van der Waals surface area contributed by atoms with Gasteiger partial charge in [0.25, 0.3) is 5.69 Å². The third-order valence-corrected chi connectivity index (χ3v) is 3.80. The first-order valence-electron chi connectivity index (χ1n) is 6.78. The molecule has 24 heavy (non-hydrogen) atoms. The molecule has 0 amide bonds. The number of hydrogen-bond acceptors (Lipinski definition) is 5. The van der Waals surface area contributed by atoms with Crippen LogP contribution in [-0.2, 0) is 0 Å². The van der Waals surface area contributed by atoms with Gasteiger partial charge in [0, 0.05) is 11.6 Å². The van der Waals surface area contributed by atoms with Gasteiger partial charge in [0.05, 0.1) is 21.7 Å². The molecule has 2 aromatic carbocycles. The van der Waals surface area contributed by atoms with Gasteiger partial charge in [0.15, 0.2) is 5.82 Å². The van der Waals surface area contributed by atoms with Crippen LogP contribution < -0.4 is 0 Å². The summed E-state index contributed by atoms with van der Waals surface area (Å²) in [5, 5.41) is 22.6. The van der Waals surface area contributed by atoms with Crippen LogP contribution >= 0.6 is 23.8 Å². The molecule has 9 heteroatoms. The van der Waals surface area contributed by atoms with E-state index >= 15 is 0 Å². The Kier molecular flexibility index (Phi) is 4.50. The Morgan fingerprint density at radius 2 is 1.96 bits per heavy atom. The van der Waals surface area contributed by atoms with Crippen molar-refractivity contribution in [3.05, 3.63) is 74.0 Å². The quantitative estimate of drug-likeness (QED) is 0.329. The van der Waals surface area contributed by atoms with Crippen LogP contribution in [0.5, 0.6) is 0 Å². The predicted octanol–water partition coefficient (Wildman–Crippen LogP) is 4.05. The van der Waals surface area contributed by atoms with Crippen LogP contribution in [-0.4, -0.2) is 26.0 Å². The molecule has 0 fully saturated rings. The van der Waals surface area contributed by atoms with Crippen molar-refractivity contribution in [1.29, 1.82) is 0 Å². The van der Waals surface area contributed by atoms with Crippen molar-refractivity contribution in [3.63, 3.8) is 0 Å². The fourth-order valence-corrected chi connectivity index (χ4v) is 2.50. The van der Waals surface area contributed by atoms with Crippen LogP contribution in [0.3, 0.4) is 0 Å². The molecule has 0 aliphatic rings. The number of nitro benzene ring substituents is 1. The van der Waals surface area contributed by atoms with E-state index in [-0.39, 0.29) is 10.5 Å². The number of benzene rings is 2. The Bertz CT molecular complexity index is 995. The van der Waals surface area contributed by atoms with Gasteiger partial charge in [-0.15, -0.1) is 0 Å². The van der Waals surface area contributed by atoms with Gasteiger partial charge in [-0.05, 0) is 30.4 Å². The van der Waals surface area contributed by atoms with E-state index in [1.165, 1.54) is 17.0 Å². The molecular weight excluding hydrogens is 350 g/mol. The standard InChI is InChI=1S/C15H10ClN5O2S/c16-12-7-3-2-6-11(12)14-18-19-15(24)20(14)17-9-10-5-1-4-8-13(10)21(22)23/h1-9H,(H,19,24)/b17-9-. The minimum atomic E-state index is -0.467. The van der Waals surface area contributed by atoms with E-state index in [1.54, 1.807) is 36.4 Å². The maximum Gasteiger partial charge on any atom is 0.278 e. The summed E-state index contributed by atoms with van der Waals surface area (Å²) in [5.74, 6) is 0.417. The second kappa shape index (κ2) is 6.73. The average molecular weight is 360 g/mol. The molecule has 0 saturated heterocycles. The summed E-state index contributed by atoms with van der Waals surface area (Å²) in [4.78, 5) is 10.6. The van der Waals surface area contributed by atoms with E-state index < -0.39 is 4.92 Å². The summed E-state index contributed by atoms with van der Waals surface area (Å²) in [6, 6.07) is 13.4. The molecule has 1 N–H and O–H groups in total. The minimum Gasteiger partial charge on any atom is -0.258 e. The smallest absolute Gasteiger partial charge is 0.258 e. The van der Waals surface area contributed by atoms with Gasteiger partial charge in [0.1, 0.15) is 0 Å². The Hall–Kier alpha value is -2.84. The van der Waals surface area contributed by atoms with Gasteiger partial charge < -0.3 is 0 Å². The Morgan fingerprint density at radius 3 is 2.71 bits per heavy atom. The fourth-order valence-electron chi connectivity index (χ4n) is 2.10. The highest BCUT2D eigenvalue weighted by Gasteiger charge is 2.13. The molecule has 0 radical (unpaired) electrons. The number of aromatic amines is 1. The first-order valence-corrected chi connectivity index (χ1v) is 7.56. The number of hydrogen-bond donors (Lipinski definition) is 1. The highest BCUT2D eigenvalue weighted by atomic mass is 35.5. The van der Waals surface area contributed by atoms with E-state index in [1.807, 2.05) is 6.07 Å². The number of rotatable bonds is 4. The molecule has 0 atom stereocenters. The van der Waals surface area contributed by atoms with Crippen molar-refractivity contribution in [3.8, 4) is 11.4 Å². The third-order valence-electron chi connectivity index (χ3n) is 3.21. The fraction of sp³-hybridized carbons (Fsp3) is 0. The molecule has 0 aliphatic heterocycles. The molecule has 3 rings (SSSR count). The maximum atomic E-state index is 11.1. The summed E-state index contributed by atoms with van der Waals surface area (Å²) in [7, 11) is 0. The second-order valence-corrected chi connectivity index (χ2v) is 5.50. The molecule has 120 valence electrons. The molecule has 0 saturated carbocycles. The topological polar surface area (TPSA) is 89.1 Å². The van der Waals surface area contributed by atoms with E-state index in [0.29, 0.717) is 22.0 Å². The van der Waals surface area contributed by atoms with Gasteiger partial charge in [0.2, 0.25) is 4.77 Å². The number of para-hydroxylation sites is 1. The molecule has 1 aromatic heterocycles. The Labute approximate surface area is 146 Å². The lowest BCUT2D eigenvalue weighted by molar-refractivity contribution is -0.385. The summed E-state index contributed by atoms with van der Waals surface area (Å²) in [5.41, 5.74) is 0.956. The monoisotopic (exact) mass is 359 g/mol. The van der Waals surface area contributed by atoms with Crippen molar-refractivity contribution >= 4 is 35.7 Å². The summed E-state index contributed by atoms with van der Waals surface area (Å²) in [6.07, 6.45) is 1.36. The van der Waals surface area contributed by atoms with Crippen LogP contribution in [0.1, 0.15) is 5.56 Å². The SMILES string of the molecule is O=[N+]([O-])c1ccccc1/C=N\n1c(-c2ccccc2Cl)n[nH]c1=S. The van der Waals surface area contributed by atoms with Crippen LogP contribution in [0.15, 0.2) is 53.6 Å².